The molecule has 0 aliphatic heterocycles. The van der Waals surface area contributed by atoms with E-state index in [1.165, 1.54) is 0 Å². The fourth-order valence-corrected chi connectivity index (χ4v) is 3.07. The first-order valence-electron chi connectivity index (χ1n) is 7.12. The molecule has 2 rings (SSSR count). The Kier molecular flexibility index (Phi) is 4.96. The number of anilines is 1. The van der Waals surface area contributed by atoms with Crippen molar-refractivity contribution in [2.24, 2.45) is 0 Å². The van der Waals surface area contributed by atoms with Crippen molar-refractivity contribution in [1.82, 2.24) is 4.98 Å². The van der Waals surface area contributed by atoms with Crippen molar-refractivity contribution in [1.29, 1.82) is 0 Å². The van der Waals surface area contributed by atoms with Crippen LogP contribution in [-0.4, -0.2) is 13.4 Å². The molecule has 0 spiro atoms. The van der Waals surface area contributed by atoms with Gasteiger partial charge in [-0.1, -0.05) is 32.4 Å². The molecular weight excluding hydrogens is 284 g/mol. The summed E-state index contributed by atoms with van der Waals surface area (Å²) in [5, 5.41) is 0. The maximum absolute atomic E-state index is 12.3. The van der Waals surface area contributed by atoms with Crippen molar-refractivity contribution >= 4 is 15.8 Å². The quantitative estimate of drug-likeness (QED) is 0.890. The molecule has 0 aliphatic carbocycles. The van der Waals surface area contributed by atoms with Gasteiger partial charge in [0.2, 0.25) is 0 Å². The summed E-state index contributed by atoms with van der Waals surface area (Å²) in [5.74, 6) is 0.354. The van der Waals surface area contributed by atoms with Gasteiger partial charge >= 0.3 is 0 Å². The van der Waals surface area contributed by atoms with Gasteiger partial charge in [0.05, 0.1) is 4.90 Å². The Morgan fingerprint density at radius 1 is 1.05 bits per heavy atom. The molecule has 1 heterocycles. The van der Waals surface area contributed by atoms with E-state index in [9.17, 15) is 8.42 Å². The second-order valence-corrected chi connectivity index (χ2v) is 6.58. The van der Waals surface area contributed by atoms with Gasteiger partial charge < -0.3 is 0 Å². The normalized spacial score (nSPS) is 11.3. The lowest BCUT2D eigenvalue weighted by atomic mass is 10.1. The van der Waals surface area contributed by atoms with Crippen LogP contribution in [0, 0.1) is 0 Å². The predicted molar refractivity (Wildman–Crippen MR) is 84.9 cm³/mol. The smallest absolute Gasteiger partial charge is 0.263 e. The summed E-state index contributed by atoms with van der Waals surface area (Å²) in [6.45, 7) is 4.11. The molecule has 0 bridgehead atoms. The number of pyridine rings is 1. The van der Waals surface area contributed by atoms with Gasteiger partial charge in [-0.3, -0.25) is 4.72 Å². The third-order valence-electron chi connectivity index (χ3n) is 3.24. The van der Waals surface area contributed by atoms with Crippen molar-refractivity contribution in [3.05, 3.63) is 53.7 Å². The van der Waals surface area contributed by atoms with E-state index in [0.29, 0.717) is 5.82 Å². The van der Waals surface area contributed by atoms with Crippen molar-refractivity contribution in [2.45, 2.75) is 38.0 Å². The lowest BCUT2D eigenvalue weighted by Gasteiger charge is -2.09. The van der Waals surface area contributed by atoms with Crippen LogP contribution in [-0.2, 0) is 22.9 Å². The number of nitrogens with one attached hydrogen (secondary N) is 1. The Balaban J connectivity index is 2.21. The molecule has 0 saturated heterocycles. The molecule has 0 fully saturated rings. The molecule has 4 nitrogen and oxygen atoms in total. The molecule has 0 amide bonds. The minimum atomic E-state index is -3.58. The lowest BCUT2D eigenvalue weighted by molar-refractivity contribution is 0.601. The molecule has 112 valence electrons. The molecule has 0 atom stereocenters. The van der Waals surface area contributed by atoms with Crippen LogP contribution in [0.2, 0.25) is 0 Å². The summed E-state index contributed by atoms with van der Waals surface area (Å²) >= 11 is 0. The van der Waals surface area contributed by atoms with Crippen LogP contribution >= 0.6 is 0 Å². The molecule has 0 aliphatic rings. The molecule has 0 saturated carbocycles. The van der Waals surface area contributed by atoms with Crippen LogP contribution in [0.4, 0.5) is 5.82 Å². The number of hydrogen-bond donors (Lipinski definition) is 1. The second-order valence-electron chi connectivity index (χ2n) is 4.90. The number of nitrogens with zero attached hydrogens (tertiary/aromatic N) is 1. The highest BCUT2D eigenvalue weighted by atomic mass is 32.2. The van der Waals surface area contributed by atoms with Gasteiger partial charge in [0.25, 0.3) is 10.0 Å². The zero-order chi connectivity index (χ0) is 15.3. The number of benzene rings is 1. The fourth-order valence-electron chi connectivity index (χ4n) is 2.07. The third-order valence-corrected chi connectivity index (χ3v) is 4.61. The van der Waals surface area contributed by atoms with Crippen LogP contribution in [0.1, 0.15) is 31.4 Å². The van der Waals surface area contributed by atoms with Crippen molar-refractivity contribution in [2.75, 3.05) is 4.72 Å². The summed E-state index contributed by atoms with van der Waals surface area (Å²) in [6, 6.07) is 10.6. The summed E-state index contributed by atoms with van der Waals surface area (Å²) in [7, 11) is -3.58. The monoisotopic (exact) mass is 304 g/mol. The maximum atomic E-state index is 12.3. The Bertz CT molecular complexity index is 694. The standard InChI is InChI=1S/C16H20N2O2S/c1-3-5-14-6-8-15(9-7-14)21(19,20)18-16-12-13(4-2)10-11-17-16/h6-12H,3-5H2,1-2H3,(H,17,18). The van der Waals surface area contributed by atoms with Crippen LogP contribution in [0.25, 0.3) is 0 Å². The fraction of sp³-hybridized carbons (Fsp3) is 0.312. The molecule has 1 aromatic heterocycles. The summed E-state index contributed by atoms with van der Waals surface area (Å²) in [5.41, 5.74) is 2.18. The van der Waals surface area contributed by atoms with Crippen molar-refractivity contribution in [3.63, 3.8) is 0 Å². The molecule has 5 heteroatoms. The SMILES string of the molecule is CCCc1ccc(S(=O)(=O)Nc2cc(CC)ccn2)cc1. The average Bonchev–Trinajstić information content (AvgIpc) is 2.48. The van der Waals surface area contributed by atoms with Crippen LogP contribution < -0.4 is 4.72 Å². The summed E-state index contributed by atoms with van der Waals surface area (Å²) < 4.78 is 27.2. The first-order valence-corrected chi connectivity index (χ1v) is 8.60. The number of hydrogen-bond acceptors (Lipinski definition) is 3. The topological polar surface area (TPSA) is 59.1 Å². The summed E-state index contributed by atoms with van der Waals surface area (Å²) in [6.07, 6.45) is 4.44. The van der Waals surface area contributed by atoms with E-state index in [1.807, 2.05) is 25.1 Å². The number of rotatable bonds is 6. The zero-order valence-corrected chi connectivity index (χ0v) is 13.2. The Hall–Kier alpha value is -1.88. The van der Waals surface area contributed by atoms with Crippen molar-refractivity contribution < 1.29 is 8.42 Å². The van der Waals surface area contributed by atoms with E-state index in [-0.39, 0.29) is 4.90 Å². The van der Waals surface area contributed by atoms with Gasteiger partial charge in [0.1, 0.15) is 5.82 Å². The van der Waals surface area contributed by atoms with Gasteiger partial charge in [-0.25, -0.2) is 13.4 Å². The molecule has 1 aromatic carbocycles. The van der Waals surface area contributed by atoms with Gasteiger partial charge in [0, 0.05) is 6.20 Å². The van der Waals surface area contributed by atoms with E-state index >= 15 is 0 Å². The highest BCUT2D eigenvalue weighted by molar-refractivity contribution is 7.92. The highest BCUT2D eigenvalue weighted by Crippen LogP contribution is 2.16. The molecule has 0 unspecified atom stereocenters. The molecule has 1 N–H and O–H groups in total. The Morgan fingerprint density at radius 3 is 2.38 bits per heavy atom. The Labute approximate surface area is 126 Å². The van der Waals surface area contributed by atoms with E-state index in [1.54, 1.807) is 24.4 Å². The largest absolute Gasteiger partial charge is 0.263 e. The van der Waals surface area contributed by atoms with Gasteiger partial charge in [-0.05, 0) is 48.2 Å². The number of aromatic nitrogens is 1. The van der Waals surface area contributed by atoms with Crippen LogP contribution in [0.3, 0.4) is 0 Å². The maximum Gasteiger partial charge on any atom is 0.263 e. The minimum absolute atomic E-state index is 0.256. The third kappa shape index (κ3) is 4.04. The van der Waals surface area contributed by atoms with E-state index in [4.69, 9.17) is 0 Å². The average molecular weight is 304 g/mol. The predicted octanol–water partition coefficient (Wildman–Crippen LogP) is 3.40. The first kappa shape index (κ1) is 15.5. The molecule has 21 heavy (non-hydrogen) atoms. The Morgan fingerprint density at radius 2 is 1.76 bits per heavy atom. The first-order chi connectivity index (χ1) is 10.0. The molecular formula is C16H20N2O2S. The van der Waals surface area contributed by atoms with Crippen molar-refractivity contribution in [3.8, 4) is 0 Å². The van der Waals surface area contributed by atoms with Crippen LogP contribution in [0.15, 0.2) is 47.5 Å². The zero-order valence-electron chi connectivity index (χ0n) is 12.3. The van der Waals surface area contributed by atoms with E-state index in [0.717, 1.165) is 30.4 Å². The van der Waals surface area contributed by atoms with Gasteiger partial charge in [-0.2, -0.15) is 0 Å². The lowest BCUT2D eigenvalue weighted by Crippen LogP contribution is -2.14. The second kappa shape index (κ2) is 6.72. The van der Waals surface area contributed by atoms with Gasteiger partial charge in [0.15, 0.2) is 0 Å². The number of sulfonamides is 1. The van der Waals surface area contributed by atoms with Gasteiger partial charge in [-0.15, -0.1) is 0 Å². The minimum Gasteiger partial charge on any atom is -0.263 e. The molecule has 2 aromatic rings. The van der Waals surface area contributed by atoms with Crippen LogP contribution in [0.5, 0.6) is 0 Å². The highest BCUT2D eigenvalue weighted by Gasteiger charge is 2.14. The van der Waals surface area contributed by atoms with E-state index in [2.05, 4.69) is 16.6 Å². The summed E-state index contributed by atoms with van der Waals surface area (Å²) in [4.78, 5) is 4.31. The van der Waals surface area contributed by atoms with E-state index < -0.39 is 10.0 Å². The number of aryl methyl sites for hydroxylation is 2. The molecule has 0 radical (unpaired) electrons.